The molecule has 3 rings (SSSR count). The van der Waals surface area contributed by atoms with E-state index in [0.717, 1.165) is 34.0 Å². The molecule has 1 aliphatic heterocycles. The Labute approximate surface area is 137 Å². The molecule has 0 saturated carbocycles. The number of piperidine rings is 1. The van der Waals surface area contributed by atoms with Crippen molar-refractivity contribution in [2.45, 2.75) is 38.5 Å². The highest BCUT2D eigenvalue weighted by Gasteiger charge is 2.21. The highest BCUT2D eigenvalue weighted by Crippen LogP contribution is 2.25. The molecule has 118 valence electrons. The van der Waals surface area contributed by atoms with Gasteiger partial charge in [0.25, 0.3) is 0 Å². The molecule has 2 heterocycles. The summed E-state index contributed by atoms with van der Waals surface area (Å²) in [5, 5.41) is 13.0. The number of allylic oxidation sites excluding steroid dienone is 1. The van der Waals surface area contributed by atoms with Crippen molar-refractivity contribution in [3.8, 4) is 0 Å². The van der Waals surface area contributed by atoms with Crippen LogP contribution in [0.4, 0.5) is 4.39 Å². The third-order valence-corrected chi connectivity index (χ3v) is 4.99. The maximum absolute atomic E-state index is 14.3. The highest BCUT2D eigenvalue weighted by molar-refractivity contribution is 9.10. The Morgan fingerprint density at radius 2 is 2.41 bits per heavy atom. The number of aliphatic hydroxyl groups is 1. The van der Waals surface area contributed by atoms with Crippen LogP contribution in [0.25, 0.3) is 11.0 Å². The number of nitrogens with one attached hydrogen (secondary N) is 1. The van der Waals surface area contributed by atoms with Gasteiger partial charge in [0.05, 0.1) is 36.1 Å². The number of aryl methyl sites for hydroxylation is 1. The van der Waals surface area contributed by atoms with Crippen LogP contribution in [0.3, 0.4) is 0 Å². The minimum atomic E-state index is -0.516. The van der Waals surface area contributed by atoms with E-state index in [1.807, 2.05) is 19.1 Å². The van der Waals surface area contributed by atoms with E-state index in [0.29, 0.717) is 6.42 Å². The first-order chi connectivity index (χ1) is 10.6. The summed E-state index contributed by atoms with van der Waals surface area (Å²) in [7, 11) is 0. The molecule has 1 aromatic carbocycles. The van der Waals surface area contributed by atoms with Crippen molar-refractivity contribution in [2.24, 2.45) is 0 Å². The molecule has 1 fully saturated rings. The van der Waals surface area contributed by atoms with E-state index in [-0.39, 0.29) is 18.4 Å². The number of aliphatic hydroxyl groups excluding tert-OH is 1. The maximum Gasteiger partial charge on any atom is 0.117 e. The standard InChI is InChI=1S/C16H19BrFN3O/c1-10-12(17)4-5-14-16(10)20-9-21(14)8-11(18)7-13-15(22)3-2-6-19-13/h4-5,7,9,13,15,19,22H,2-3,6,8H2,1H3/b11-7-/t13-,15+/m1/s1. The fourth-order valence-electron chi connectivity index (χ4n) is 2.85. The van der Waals surface area contributed by atoms with Gasteiger partial charge in [-0.1, -0.05) is 15.9 Å². The molecule has 4 nitrogen and oxygen atoms in total. The van der Waals surface area contributed by atoms with Crippen LogP contribution in [0.2, 0.25) is 0 Å². The number of rotatable bonds is 3. The SMILES string of the molecule is Cc1c(Br)ccc2c1ncn2C/C(F)=C/[C@H]1NCCC[C@@H]1O. The van der Waals surface area contributed by atoms with Gasteiger partial charge in [-0.25, -0.2) is 9.37 Å². The normalized spacial score (nSPS) is 23.2. The first-order valence-electron chi connectivity index (χ1n) is 7.44. The summed E-state index contributed by atoms with van der Waals surface area (Å²) in [5.74, 6) is -0.265. The zero-order chi connectivity index (χ0) is 15.7. The Bertz CT molecular complexity index is 713. The Kier molecular flexibility index (Phi) is 4.61. The van der Waals surface area contributed by atoms with E-state index in [4.69, 9.17) is 0 Å². The molecule has 2 aromatic rings. The van der Waals surface area contributed by atoms with Crippen LogP contribution in [0.15, 0.2) is 34.8 Å². The third-order valence-electron chi connectivity index (χ3n) is 4.13. The van der Waals surface area contributed by atoms with E-state index in [1.54, 1.807) is 10.9 Å². The summed E-state index contributed by atoms with van der Waals surface area (Å²) in [5.41, 5.74) is 2.82. The van der Waals surface area contributed by atoms with Gasteiger partial charge in [-0.15, -0.1) is 0 Å². The molecule has 1 aliphatic rings. The van der Waals surface area contributed by atoms with Crippen LogP contribution in [-0.2, 0) is 6.54 Å². The Morgan fingerprint density at radius 3 is 3.18 bits per heavy atom. The van der Waals surface area contributed by atoms with E-state index in [2.05, 4.69) is 26.2 Å². The van der Waals surface area contributed by atoms with Gasteiger partial charge in [-0.05, 0) is 50.1 Å². The topological polar surface area (TPSA) is 50.1 Å². The number of imidazole rings is 1. The fraction of sp³-hybridized carbons (Fsp3) is 0.438. The van der Waals surface area contributed by atoms with Crippen molar-refractivity contribution in [1.82, 2.24) is 14.9 Å². The van der Waals surface area contributed by atoms with E-state index >= 15 is 0 Å². The predicted molar refractivity (Wildman–Crippen MR) is 88.4 cm³/mol. The summed E-state index contributed by atoms with van der Waals surface area (Å²) in [4.78, 5) is 4.37. The summed E-state index contributed by atoms with van der Waals surface area (Å²) < 4.78 is 17.1. The zero-order valence-corrected chi connectivity index (χ0v) is 14.0. The molecular formula is C16H19BrFN3O. The van der Waals surface area contributed by atoms with E-state index < -0.39 is 6.10 Å². The second kappa shape index (κ2) is 6.48. The molecule has 1 aromatic heterocycles. The average molecular weight is 368 g/mol. The Morgan fingerprint density at radius 1 is 1.59 bits per heavy atom. The number of hydrogen-bond donors (Lipinski definition) is 2. The van der Waals surface area contributed by atoms with Crippen LogP contribution in [0.1, 0.15) is 18.4 Å². The monoisotopic (exact) mass is 367 g/mol. The van der Waals surface area contributed by atoms with Gasteiger partial charge in [-0.3, -0.25) is 0 Å². The third kappa shape index (κ3) is 3.09. The van der Waals surface area contributed by atoms with Gasteiger partial charge in [0.15, 0.2) is 0 Å². The van der Waals surface area contributed by atoms with Crippen LogP contribution in [0, 0.1) is 6.92 Å². The number of benzene rings is 1. The second-order valence-corrected chi connectivity index (χ2v) is 6.57. The van der Waals surface area contributed by atoms with E-state index in [9.17, 15) is 9.50 Å². The Balaban J connectivity index is 1.82. The van der Waals surface area contributed by atoms with Gasteiger partial charge in [-0.2, -0.15) is 0 Å². The summed E-state index contributed by atoms with van der Waals surface area (Å²) in [6, 6.07) is 3.57. The van der Waals surface area contributed by atoms with Crippen LogP contribution in [0.5, 0.6) is 0 Å². The lowest BCUT2D eigenvalue weighted by Gasteiger charge is -2.26. The molecule has 1 saturated heterocycles. The van der Waals surface area contributed by atoms with Crippen molar-refractivity contribution >= 4 is 27.0 Å². The molecule has 2 N–H and O–H groups in total. The smallest absolute Gasteiger partial charge is 0.117 e. The predicted octanol–water partition coefficient (Wildman–Crippen LogP) is 3.07. The summed E-state index contributed by atoms with van der Waals surface area (Å²) in [6.45, 7) is 2.92. The first kappa shape index (κ1) is 15.6. The van der Waals surface area contributed by atoms with Gasteiger partial charge < -0.3 is 15.0 Å². The lowest BCUT2D eigenvalue weighted by atomic mass is 10.0. The van der Waals surface area contributed by atoms with Gasteiger partial charge in [0.1, 0.15) is 5.83 Å². The second-order valence-electron chi connectivity index (χ2n) is 5.72. The number of aromatic nitrogens is 2. The van der Waals surface area contributed by atoms with Gasteiger partial charge in [0.2, 0.25) is 0 Å². The zero-order valence-electron chi connectivity index (χ0n) is 12.4. The molecule has 22 heavy (non-hydrogen) atoms. The number of halogens is 2. The number of fused-ring (bicyclic) bond motifs is 1. The minimum absolute atomic E-state index is 0.127. The van der Waals surface area contributed by atoms with Crippen LogP contribution >= 0.6 is 15.9 Å². The molecule has 0 amide bonds. The molecule has 0 spiro atoms. The molecule has 6 heteroatoms. The number of nitrogens with zero attached hydrogens (tertiary/aromatic N) is 2. The van der Waals surface area contributed by atoms with Crippen LogP contribution < -0.4 is 5.32 Å². The minimum Gasteiger partial charge on any atom is -0.391 e. The van der Waals surface area contributed by atoms with Gasteiger partial charge in [0, 0.05) is 4.47 Å². The largest absolute Gasteiger partial charge is 0.391 e. The quantitative estimate of drug-likeness (QED) is 0.876. The molecular weight excluding hydrogens is 349 g/mol. The number of hydrogen-bond acceptors (Lipinski definition) is 3. The summed E-state index contributed by atoms with van der Waals surface area (Å²) >= 11 is 3.48. The van der Waals surface area contributed by atoms with Crippen molar-refractivity contribution in [1.29, 1.82) is 0 Å². The van der Waals surface area contributed by atoms with Crippen LogP contribution in [-0.4, -0.2) is 33.3 Å². The molecule has 0 bridgehead atoms. The average Bonchev–Trinajstić information content (AvgIpc) is 2.89. The molecule has 2 atom stereocenters. The van der Waals surface area contributed by atoms with E-state index in [1.165, 1.54) is 6.08 Å². The highest BCUT2D eigenvalue weighted by atomic mass is 79.9. The van der Waals surface area contributed by atoms with Crippen molar-refractivity contribution in [3.05, 3.63) is 40.4 Å². The van der Waals surface area contributed by atoms with Crippen molar-refractivity contribution in [3.63, 3.8) is 0 Å². The lowest BCUT2D eigenvalue weighted by molar-refractivity contribution is 0.114. The maximum atomic E-state index is 14.3. The van der Waals surface area contributed by atoms with Crippen molar-refractivity contribution < 1.29 is 9.50 Å². The Hall–Kier alpha value is -1.24. The lowest BCUT2D eigenvalue weighted by Crippen LogP contribution is -2.43. The first-order valence-corrected chi connectivity index (χ1v) is 8.23. The molecule has 0 radical (unpaired) electrons. The van der Waals surface area contributed by atoms with Gasteiger partial charge >= 0.3 is 0 Å². The summed E-state index contributed by atoms with van der Waals surface area (Å²) in [6.07, 6.45) is 4.26. The van der Waals surface area contributed by atoms with Crippen molar-refractivity contribution in [2.75, 3.05) is 6.54 Å². The fourth-order valence-corrected chi connectivity index (χ4v) is 3.17. The molecule has 0 unspecified atom stereocenters. The molecule has 0 aliphatic carbocycles.